The fourth-order valence-electron chi connectivity index (χ4n) is 16.6. The Kier molecular flexibility index (Phi) is 33.4. The van der Waals surface area contributed by atoms with Crippen molar-refractivity contribution in [3.63, 3.8) is 0 Å². The summed E-state index contributed by atoms with van der Waals surface area (Å²) in [5.41, 5.74) is 11.5. The van der Waals surface area contributed by atoms with E-state index in [1.165, 1.54) is 56.6 Å². The van der Waals surface area contributed by atoms with Crippen LogP contribution in [0.15, 0.2) is 170 Å². The van der Waals surface area contributed by atoms with Crippen molar-refractivity contribution in [3.05, 3.63) is 226 Å². The second-order valence-corrected chi connectivity index (χ2v) is 32.8. The molecular weight excluding hydrogens is 1410 g/mol. The number of carbonyl (C=O) groups excluding carboxylic acids is 6. The minimum Gasteiger partial charge on any atom is -0.490 e. The molecule has 17 nitrogen and oxygen atoms in total. The van der Waals surface area contributed by atoms with E-state index in [0.29, 0.717) is 39.2 Å². The Balaban J connectivity index is 0.000000192. The van der Waals surface area contributed by atoms with E-state index in [1.54, 1.807) is 12.1 Å². The number of rotatable bonds is 30. The summed E-state index contributed by atoms with van der Waals surface area (Å²) < 4.78 is 18.8. The maximum Gasteiger partial charge on any atom is 0.223 e. The third kappa shape index (κ3) is 27.4. The van der Waals surface area contributed by atoms with Gasteiger partial charge in [-0.25, -0.2) is 4.39 Å². The zero-order valence-electron chi connectivity index (χ0n) is 67.5. The summed E-state index contributed by atoms with van der Waals surface area (Å²) in [6.45, 7) is 14.2. The largest absolute Gasteiger partial charge is 0.490 e. The molecule has 19 heteroatoms. The normalized spacial score (nSPS) is 21.3. The molecule has 0 aromatic heterocycles. The average Bonchev–Trinajstić information content (AvgIpc) is 0.811. The van der Waals surface area contributed by atoms with Crippen LogP contribution in [0.2, 0.25) is 5.02 Å². The number of likely N-dealkylation sites (N-methyl/N-ethyl adjacent to an activating group) is 3. The standard InChI is InChI=1S/C34H48N4O3.C31H41N3O2.C27H35ClFN3O2/c1-5-23-41-31-11-9-28(10-12-31)26-37-19-21-38(22-20-37)33(40)14-13-32(39)35-30-15-17-34(18-16-30,36(3)4)25-29-8-6-7-27(2)24-29;1-24-9-11-25(12-10-24)23-31(33(2)3)19-15-28(16-20-31)32-29(35)13-14-30(36)34-21-17-27(18-22-34)26-7-5-4-6-8-26;1-32(2)27(19-21-6-8-22(28)9-7-21)15-12-24(13-16-27)31-26(34)11-10-25(33)30-17-14-20-4-3-5-23(29)18-20/h5-12,24,30H,1,13-23,25-26H2,2-4H3,(H,35,39);4-12,17,28H,13-16,18-23H2,1-3H3,(H,32,35);3-9,18,24H,10-17,19H2,1-2H3,(H,30,33)(H,31,34). The first kappa shape index (κ1) is 86.5. The molecule has 1 saturated heterocycles. The highest BCUT2D eigenvalue weighted by molar-refractivity contribution is 6.30. The number of nitrogens with one attached hydrogen (secondary N) is 4. The summed E-state index contributed by atoms with van der Waals surface area (Å²) in [7, 11) is 13.0. The summed E-state index contributed by atoms with van der Waals surface area (Å²) in [5, 5.41) is 13.1. The monoisotopic (exact) mass is 1530 g/mol. The number of piperazine rings is 1. The molecule has 0 bridgehead atoms. The first-order valence-electron chi connectivity index (χ1n) is 40.5. The Morgan fingerprint density at radius 3 is 1.46 bits per heavy atom. The van der Waals surface area contributed by atoms with Crippen LogP contribution in [0.25, 0.3) is 5.57 Å². The zero-order valence-corrected chi connectivity index (χ0v) is 68.2. The Hall–Kier alpha value is -8.52. The van der Waals surface area contributed by atoms with Crippen LogP contribution < -0.4 is 26.0 Å². The molecule has 3 saturated carbocycles. The van der Waals surface area contributed by atoms with Crippen LogP contribution in [0.4, 0.5) is 4.39 Å². The molecule has 2 aliphatic heterocycles. The molecule has 6 aromatic carbocycles. The highest BCUT2D eigenvalue weighted by Crippen LogP contribution is 2.39. The molecule has 6 aromatic rings. The summed E-state index contributed by atoms with van der Waals surface area (Å²) in [5.74, 6) is 0.469. The van der Waals surface area contributed by atoms with Gasteiger partial charge in [-0.3, -0.25) is 33.7 Å². The molecule has 0 atom stereocenters. The number of benzene rings is 6. The Labute approximate surface area is 666 Å². The zero-order chi connectivity index (χ0) is 79.3. The Morgan fingerprint density at radius 1 is 0.505 bits per heavy atom. The second kappa shape index (κ2) is 42.9. The van der Waals surface area contributed by atoms with Crippen molar-refractivity contribution in [1.29, 1.82) is 0 Å². The molecule has 3 aliphatic carbocycles. The Bertz CT molecular complexity index is 3970. The van der Waals surface area contributed by atoms with Gasteiger partial charge in [-0.15, -0.1) is 0 Å². The van der Waals surface area contributed by atoms with Crippen molar-refractivity contribution in [2.45, 2.75) is 203 Å². The summed E-state index contributed by atoms with van der Waals surface area (Å²) in [6, 6.07) is 51.1. The molecule has 598 valence electrons. The molecule has 111 heavy (non-hydrogen) atoms. The van der Waals surface area contributed by atoms with E-state index in [1.807, 2.05) is 58.3 Å². The van der Waals surface area contributed by atoms with Gasteiger partial charge in [0, 0.05) is 131 Å². The van der Waals surface area contributed by atoms with E-state index in [4.69, 9.17) is 16.3 Å². The summed E-state index contributed by atoms with van der Waals surface area (Å²) in [6.07, 6.45) is 21.6. The van der Waals surface area contributed by atoms with Crippen LogP contribution in [0.5, 0.6) is 5.75 Å². The molecule has 4 N–H and O–H groups in total. The van der Waals surface area contributed by atoms with Crippen molar-refractivity contribution >= 4 is 52.6 Å². The topological polar surface area (TPSA) is 179 Å². The van der Waals surface area contributed by atoms with E-state index in [0.717, 1.165) is 145 Å². The highest BCUT2D eigenvalue weighted by Gasteiger charge is 2.41. The van der Waals surface area contributed by atoms with E-state index >= 15 is 0 Å². The number of nitrogens with zero attached hydrogens (tertiary/aromatic N) is 6. The first-order valence-corrected chi connectivity index (χ1v) is 40.9. The van der Waals surface area contributed by atoms with E-state index in [9.17, 15) is 33.2 Å². The van der Waals surface area contributed by atoms with Gasteiger partial charge in [0.15, 0.2) is 0 Å². The number of aryl methyl sites for hydroxylation is 2. The van der Waals surface area contributed by atoms with Crippen LogP contribution in [-0.4, -0.2) is 194 Å². The van der Waals surface area contributed by atoms with Gasteiger partial charge < -0.3 is 50.5 Å². The number of amides is 6. The minimum atomic E-state index is -0.281. The quantitative estimate of drug-likeness (QED) is 0.0315. The molecule has 5 aliphatic rings. The van der Waals surface area contributed by atoms with E-state index in [-0.39, 0.29) is 115 Å². The predicted molar refractivity (Wildman–Crippen MR) is 446 cm³/mol. The van der Waals surface area contributed by atoms with Gasteiger partial charge in [0.2, 0.25) is 35.4 Å². The van der Waals surface area contributed by atoms with Gasteiger partial charge in [0.05, 0.1) is 0 Å². The molecular formula is C92H124ClFN10O7. The van der Waals surface area contributed by atoms with Crippen molar-refractivity contribution in [1.82, 2.24) is 50.7 Å². The van der Waals surface area contributed by atoms with Crippen LogP contribution in [0.3, 0.4) is 0 Å². The lowest BCUT2D eigenvalue weighted by Crippen LogP contribution is -2.52. The van der Waals surface area contributed by atoms with Gasteiger partial charge in [0.1, 0.15) is 18.2 Å². The predicted octanol–water partition coefficient (Wildman–Crippen LogP) is 14.1. The van der Waals surface area contributed by atoms with Gasteiger partial charge in [0.25, 0.3) is 0 Å². The van der Waals surface area contributed by atoms with Crippen LogP contribution in [0.1, 0.15) is 167 Å². The number of halogens is 2. The first-order chi connectivity index (χ1) is 53.4. The van der Waals surface area contributed by atoms with Gasteiger partial charge in [-0.2, -0.15) is 0 Å². The minimum absolute atomic E-state index is 0.00135. The van der Waals surface area contributed by atoms with Crippen molar-refractivity contribution in [3.8, 4) is 5.75 Å². The maximum absolute atomic E-state index is 13.2. The number of hydrogen-bond acceptors (Lipinski definition) is 11. The summed E-state index contributed by atoms with van der Waals surface area (Å²) >= 11 is 6.03. The smallest absolute Gasteiger partial charge is 0.223 e. The number of hydrogen-bond donors (Lipinski definition) is 4. The molecule has 11 rings (SSSR count). The second-order valence-electron chi connectivity index (χ2n) is 32.3. The number of ether oxygens (including phenoxy) is 1. The fraction of sp³-hybridized carbons (Fsp3) is 0.500. The van der Waals surface area contributed by atoms with Crippen LogP contribution in [0, 0.1) is 19.7 Å². The SMILES string of the molecule is C=CCOc1ccc(CN2CCN(C(=O)CCC(=O)NC3CCC(Cc4cccc(C)c4)(N(C)C)CC3)CC2)cc1.CN(C)C1(Cc2ccc(Cl)cc2)CCC(NC(=O)CCC(=O)NCCc2cccc(F)c2)CC1.Cc1ccc(CC2(N(C)C)CCC(NC(=O)CCC(=O)N3CC=C(c4ccccc4)CC3)CC2)cc1. The molecule has 0 radical (unpaired) electrons. The molecule has 6 amide bonds. The lowest BCUT2D eigenvalue weighted by atomic mass is 9.74. The van der Waals surface area contributed by atoms with E-state index < -0.39 is 0 Å². The fourth-order valence-corrected chi connectivity index (χ4v) is 16.7. The molecule has 4 fully saturated rings. The molecule has 0 unspecified atom stereocenters. The summed E-state index contributed by atoms with van der Waals surface area (Å²) in [4.78, 5) is 88.6. The third-order valence-electron chi connectivity index (χ3n) is 23.9. The number of carbonyl (C=O) groups is 6. The van der Waals surface area contributed by atoms with Crippen molar-refractivity contribution in [2.75, 3.05) is 94.7 Å². The Morgan fingerprint density at radius 2 is 0.973 bits per heavy atom. The van der Waals surface area contributed by atoms with Crippen LogP contribution >= 0.6 is 11.6 Å². The third-order valence-corrected chi connectivity index (χ3v) is 24.1. The van der Waals surface area contributed by atoms with Gasteiger partial charge in [-0.05, 0) is 241 Å². The van der Waals surface area contributed by atoms with Crippen molar-refractivity contribution < 1.29 is 37.9 Å². The molecule has 0 spiro atoms. The van der Waals surface area contributed by atoms with Crippen molar-refractivity contribution in [2.24, 2.45) is 0 Å². The van der Waals surface area contributed by atoms with Crippen LogP contribution in [-0.2, 0) is 61.0 Å². The molecule has 2 heterocycles. The lowest BCUT2D eigenvalue weighted by Gasteiger charge is -2.45. The lowest BCUT2D eigenvalue weighted by molar-refractivity contribution is -0.135. The maximum atomic E-state index is 13.2. The highest BCUT2D eigenvalue weighted by atomic mass is 35.5. The average molecular weight is 1540 g/mol. The van der Waals surface area contributed by atoms with Gasteiger partial charge in [-0.1, -0.05) is 157 Å². The van der Waals surface area contributed by atoms with E-state index in [2.05, 4.69) is 195 Å². The van der Waals surface area contributed by atoms with Gasteiger partial charge >= 0.3 is 0 Å².